The molecule has 0 aliphatic carbocycles. The molecule has 4 heteroatoms. The van der Waals surface area contributed by atoms with Crippen molar-refractivity contribution >= 4 is 23.4 Å². The maximum atomic E-state index is 12.2. The number of thioether (sulfide) groups is 1. The van der Waals surface area contributed by atoms with Gasteiger partial charge in [0, 0.05) is 18.2 Å². The number of amides is 1. The summed E-state index contributed by atoms with van der Waals surface area (Å²) in [5.41, 5.74) is 0.892. The largest absolute Gasteiger partial charge is 0.495 e. The van der Waals surface area contributed by atoms with E-state index in [1.165, 1.54) is 0 Å². The van der Waals surface area contributed by atoms with Crippen LogP contribution in [0.5, 0.6) is 5.75 Å². The minimum Gasteiger partial charge on any atom is -0.495 e. The number of para-hydroxylation sites is 2. The minimum absolute atomic E-state index is 0.162. The molecule has 0 saturated carbocycles. The van der Waals surface area contributed by atoms with E-state index in [4.69, 9.17) is 4.74 Å². The molecule has 0 radical (unpaired) electrons. The highest BCUT2D eigenvalue weighted by atomic mass is 32.2. The van der Waals surface area contributed by atoms with Gasteiger partial charge in [0.2, 0.25) is 5.91 Å². The first kappa shape index (κ1) is 12.3. The molecule has 1 heterocycles. The number of rotatable bonds is 4. The quantitative estimate of drug-likeness (QED) is 0.823. The summed E-state index contributed by atoms with van der Waals surface area (Å²) in [6.45, 7) is 0.796. The Bertz CT molecular complexity index is 408. The van der Waals surface area contributed by atoms with Crippen LogP contribution in [-0.2, 0) is 4.79 Å². The molecule has 1 aromatic rings. The number of ether oxygens (including phenoxy) is 1. The summed E-state index contributed by atoms with van der Waals surface area (Å²) in [5, 5.41) is 0. The first-order valence-electron chi connectivity index (χ1n) is 5.71. The number of carbonyl (C=O) groups excluding carboxylic acids is 1. The van der Waals surface area contributed by atoms with Crippen LogP contribution in [0.3, 0.4) is 0 Å². The predicted molar refractivity (Wildman–Crippen MR) is 71.8 cm³/mol. The summed E-state index contributed by atoms with van der Waals surface area (Å²) in [5.74, 6) is 2.06. The number of methoxy groups -OCH3 is 1. The lowest BCUT2D eigenvalue weighted by Gasteiger charge is -2.19. The number of nitrogens with zero attached hydrogens (tertiary/aromatic N) is 1. The van der Waals surface area contributed by atoms with E-state index in [1.54, 1.807) is 18.9 Å². The van der Waals surface area contributed by atoms with Crippen molar-refractivity contribution in [2.45, 2.75) is 6.42 Å². The van der Waals surface area contributed by atoms with Gasteiger partial charge in [-0.25, -0.2) is 0 Å². The van der Waals surface area contributed by atoms with E-state index in [-0.39, 0.29) is 11.8 Å². The van der Waals surface area contributed by atoms with Crippen LogP contribution in [0, 0.1) is 5.92 Å². The average molecular weight is 251 g/mol. The van der Waals surface area contributed by atoms with Crippen LogP contribution < -0.4 is 9.64 Å². The monoisotopic (exact) mass is 251 g/mol. The van der Waals surface area contributed by atoms with Gasteiger partial charge in [-0.1, -0.05) is 12.1 Å². The van der Waals surface area contributed by atoms with Crippen molar-refractivity contribution in [2.75, 3.05) is 30.6 Å². The summed E-state index contributed by atoms with van der Waals surface area (Å²) >= 11 is 1.73. The van der Waals surface area contributed by atoms with E-state index in [9.17, 15) is 4.79 Å². The third-order valence-electron chi connectivity index (χ3n) is 3.06. The molecule has 17 heavy (non-hydrogen) atoms. The number of hydrogen-bond acceptors (Lipinski definition) is 3. The molecule has 0 spiro atoms. The van der Waals surface area contributed by atoms with E-state index >= 15 is 0 Å². The Morgan fingerprint density at radius 2 is 2.24 bits per heavy atom. The van der Waals surface area contributed by atoms with Crippen LogP contribution in [0.1, 0.15) is 6.42 Å². The maximum Gasteiger partial charge on any atom is 0.231 e. The molecular formula is C13H17NO2S. The maximum absolute atomic E-state index is 12.2. The van der Waals surface area contributed by atoms with Crippen molar-refractivity contribution in [1.29, 1.82) is 0 Å². The Morgan fingerprint density at radius 3 is 2.94 bits per heavy atom. The fourth-order valence-electron chi connectivity index (χ4n) is 2.19. The molecule has 1 aliphatic rings. The second-order valence-corrected chi connectivity index (χ2v) is 5.01. The van der Waals surface area contributed by atoms with Gasteiger partial charge in [-0.3, -0.25) is 4.79 Å². The Kier molecular flexibility index (Phi) is 3.94. The summed E-state index contributed by atoms with van der Waals surface area (Å²) in [6.07, 6.45) is 2.98. The van der Waals surface area contributed by atoms with Crippen LogP contribution in [0.4, 0.5) is 5.69 Å². The van der Waals surface area contributed by atoms with E-state index in [1.807, 2.05) is 35.4 Å². The van der Waals surface area contributed by atoms with Crippen molar-refractivity contribution in [3.63, 3.8) is 0 Å². The highest BCUT2D eigenvalue weighted by molar-refractivity contribution is 7.98. The molecule has 1 saturated heterocycles. The first-order chi connectivity index (χ1) is 8.27. The summed E-state index contributed by atoms with van der Waals surface area (Å²) in [4.78, 5) is 14.1. The van der Waals surface area contributed by atoms with E-state index in [2.05, 4.69) is 0 Å². The lowest BCUT2D eigenvalue weighted by atomic mass is 10.1. The van der Waals surface area contributed by atoms with Gasteiger partial charge in [-0.2, -0.15) is 11.8 Å². The highest BCUT2D eigenvalue weighted by Crippen LogP contribution is 2.33. The van der Waals surface area contributed by atoms with E-state index in [0.717, 1.165) is 30.2 Å². The molecule has 3 nitrogen and oxygen atoms in total. The van der Waals surface area contributed by atoms with Crippen LogP contribution >= 0.6 is 11.8 Å². The Morgan fingerprint density at radius 1 is 1.47 bits per heavy atom. The Hall–Kier alpha value is -1.16. The van der Waals surface area contributed by atoms with E-state index in [0.29, 0.717) is 0 Å². The van der Waals surface area contributed by atoms with Gasteiger partial charge in [-0.05, 0) is 24.8 Å². The molecule has 1 aromatic carbocycles. The van der Waals surface area contributed by atoms with Gasteiger partial charge in [-0.15, -0.1) is 0 Å². The molecule has 0 aromatic heterocycles. The fourth-order valence-corrected chi connectivity index (χ4v) is 2.90. The number of anilines is 1. The second-order valence-electron chi connectivity index (χ2n) is 4.10. The van der Waals surface area contributed by atoms with Crippen molar-refractivity contribution in [2.24, 2.45) is 5.92 Å². The Labute approximate surface area is 106 Å². The lowest BCUT2D eigenvalue weighted by molar-refractivity contribution is -0.119. The molecule has 1 atom stereocenters. The topological polar surface area (TPSA) is 29.5 Å². The van der Waals surface area contributed by atoms with Crippen molar-refractivity contribution in [1.82, 2.24) is 0 Å². The standard InChI is InChI=1S/C13H17NO2S/c1-16-12-6-4-3-5-11(12)14-8-7-10(9-17-2)13(14)15/h3-6,10H,7-9H2,1-2H3. The fraction of sp³-hybridized carbons (Fsp3) is 0.462. The third-order valence-corrected chi connectivity index (χ3v) is 3.80. The number of carbonyl (C=O) groups is 1. The SMILES string of the molecule is COc1ccccc1N1CCC(CSC)C1=O. The first-order valence-corrected chi connectivity index (χ1v) is 7.10. The van der Waals surface area contributed by atoms with Gasteiger partial charge < -0.3 is 9.64 Å². The van der Waals surface area contributed by atoms with E-state index < -0.39 is 0 Å². The number of hydrogen-bond donors (Lipinski definition) is 0. The van der Waals surface area contributed by atoms with Crippen LogP contribution in [0.15, 0.2) is 24.3 Å². The Balaban J connectivity index is 2.21. The van der Waals surface area contributed by atoms with Crippen LogP contribution in [-0.4, -0.2) is 31.6 Å². The molecular weight excluding hydrogens is 234 g/mol. The van der Waals surface area contributed by atoms with Crippen LogP contribution in [0.2, 0.25) is 0 Å². The van der Waals surface area contributed by atoms with Gasteiger partial charge in [0.1, 0.15) is 5.75 Å². The van der Waals surface area contributed by atoms with Gasteiger partial charge in [0.05, 0.1) is 12.8 Å². The molecule has 1 aliphatic heterocycles. The van der Waals surface area contributed by atoms with Crippen molar-refractivity contribution < 1.29 is 9.53 Å². The normalized spacial score (nSPS) is 19.8. The zero-order valence-electron chi connectivity index (χ0n) is 10.2. The third kappa shape index (κ3) is 2.41. The summed E-state index contributed by atoms with van der Waals surface area (Å²) < 4.78 is 5.30. The number of benzene rings is 1. The summed E-state index contributed by atoms with van der Waals surface area (Å²) in [6, 6.07) is 7.69. The van der Waals surface area contributed by atoms with Gasteiger partial charge in [0.25, 0.3) is 0 Å². The zero-order chi connectivity index (χ0) is 12.3. The second kappa shape index (κ2) is 5.45. The lowest BCUT2D eigenvalue weighted by Crippen LogP contribution is -2.28. The van der Waals surface area contributed by atoms with Gasteiger partial charge >= 0.3 is 0 Å². The molecule has 92 valence electrons. The molecule has 0 bridgehead atoms. The van der Waals surface area contributed by atoms with Crippen molar-refractivity contribution in [3.05, 3.63) is 24.3 Å². The molecule has 1 unspecified atom stereocenters. The molecule has 1 fully saturated rings. The average Bonchev–Trinajstić information content (AvgIpc) is 2.72. The highest BCUT2D eigenvalue weighted by Gasteiger charge is 2.33. The van der Waals surface area contributed by atoms with Crippen LogP contribution in [0.25, 0.3) is 0 Å². The van der Waals surface area contributed by atoms with Crippen molar-refractivity contribution in [3.8, 4) is 5.75 Å². The molecule has 2 rings (SSSR count). The smallest absolute Gasteiger partial charge is 0.231 e. The molecule has 1 amide bonds. The predicted octanol–water partition coefficient (Wildman–Crippen LogP) is 2.41. The molecule has 0 N–H and O–H groups in total. The zero-order valence-corrected chi connectivity index (χ0v) is 11.0. The summed E-state index contributed by atoms with van der Waals surface area (Å²) in [7, 11) is 1.64. The minimum atomic E-state index is 0.162. The van der Waals surface area contributed by atoms with Gasteiger partial charge in [0.15, 0.2) is 0 Å².